The molecular formula is C18H19FO3S. The minimum absolute atomic E-state index is 0.382. The van der Waals surface area contributed by atoms with Crippen molar-refractivity contribution in [1.29, 1.82) is 0 Å². The number of carbonyl (C=O) groups is 1. The van der Waals surface area contributed by atoms with Crippen molar-refractivity contribution < 1.29 is 19.0 Å². The first-order chi connectivity index (χ1) is 10.7. The Hall–Kier alpha value is -1.72. The average Bonchev–Trinajstić information content (AvgIpc) is 3.02. The van der Waals surface area contributed by atoms with E-state index in [2.05, 4.69) is 0 Å². The maximum Gasteiger partial charge on any atom is 0.313 e. The SMILES string of the molecule is Cc1csc(C(O)(c2ccc(F)cc2)C2CC(C)(C)OC2=O)c1. The van der Waals surface area contributed by atoms with E-state index in [9.17, 15) is 14.3 Å². The van der Waals surface area contributed by atoms with Crippen LogP contribution in [-0.2, 0) is 15.1 Å². The molecule has 1 aromatic heterocycles. The van der Waals surface area contributed by atoms with Crippen molar-refractivity contribution in [3.05, 3.63) is 57.5 Å². The van der Waals surface area contributed by atoms with Crippen molar-refractivity contribution in [2.24, 2.45) is 5.92 Å². The Morgan fingerprint density at radius 3 is 2.48 bits per heavy atom. The second-order valence-electron chi connectivity index (χ2n) is 6.70. The number of aryl methyl sites for hydroxylation is 1. The van der Waals surface area contributed by atoms with Crippen LogP contribution in [-0.4, -0.2) is 16.7 Å². The minimum atomic E-state index is -1.52. The molecule has 3 rings (SSSR count). The van der Waals surface area contributed by atoms with E-state index in [0.717, 1.165) is 5.56 Å². The van der Waals surface area contributed by atoms with E-state index in [0.29, 0.717) is 16.9 Å². The molecule has 2 aromatic rings. The van der Waals surface area contributed by atoms with Gasteiger partial charge in [-0.25, -0.2) is 4.39 Å². The summed E-state index contributed by atoms with van der Waals surface area (Å²) in [5.41, 5.74) is -0.629. The monoisotopic (exact) mass is 334 g/mol. The van der Waals surface area contributed by atoms with Crippen molar-refractivity contribution in [3.63, 3.8) is 0 Å². The van der Waals surface area contributed by atoms with E-state index < -0.39 is 23.1 Å². The Bertz CT molecular complexity index is 735. The first-order valence-electron chi connectivity index (χ1n) is 7.49. The number of esters is 1. The summed E-state index contributed by atoms with van der Waals surface area (Å²) < 4.78 is 18.7. The molecular weight excluding hydrogens is 315 g/mol. The highest BCUT2D eigenvalue weighted by Gasteiger charge is 2.53. The van der Waals surface area contributed by atoms with Crippen LogP contribution in [0.2, 0.25) is 0 Å². The van der Waals surface area contributed by atoms with Gasteiger partial charge in [-0.05, 0) is 55.5 Å². The van der Waals surface area contributed by atoms with Gasteiger partial charge in [0.25, 0.3) is 0 Å². The fourth-order valence-electron chi connectivity index (χ4n) is 3.13. The molecule has 2 atom stereocenters. The van der Waals surface area contributed by atoms with Crippen molar-refractivity contribution in [2.45, 2.75) is 38.4 Å². The summed E-state index contributed by atoms with van der Waals surface area (Å²) in [7, 11) is 0. The highest BCUT2D eigenvalue weighted by Crippen LogP contribution is 2.47. The van der Waals surface area contributed by atoms with Gasteiger partial charge in [-0.15, -0.1) is 11.3 Å². The number of rotatable bonds is 3. The third-order valence-corrected chi connectivity index (χ3v) is 5.42. The molecule has 5 heteroatoms. The summed E-state index contributed by atoms with van der Waals surface area (Å²) in [4.78, 5) is 13.1. The van der Waals surface area contributed by atoms with E-state index in [4.69, 9.17) is 4.74 Å². The summed E-state index contributed by atoms with van der Waals surface area (Å²) in [6.45, 7) is 5.59. The summed E-state index contributed by atoms with van der Waals surface area (Å²) in [5.74, 6) is -1.53. The Morgan fingerprint density at radius 2 is 2.00 bits per heavy atom. The van der Waals surface area contributed by atoms with E-state index in [-0.39, 0.29) is 5.82 Å². The van der Waals surface area contributed by atoms with Gasteiger partial charge in [-0.1, -0.05) is 12.1 Å². The Kier molecular flexibility index (Phi) is 3.81. The summed E-state index contributed by atoms with van der Waals surface area (Å²) in [6, 6.07) is 7.52. The van der Waals surface area contributed by atoms with Gasteiger partial charge in [-0.3, -0.25) is 4.79 Å². The van der Waals surface area contributed by atoms with Gasteiger partial charge >= 0.3 is 5.97 Å². The number of carbonyl (C=O) groups excluding carboxylic acids is 1. The van der Waals surface area contributed by atoms with Gasteiger partial charge in [0.05, 0.1) is 5.92 Å². The van der Waals surface area contributed by atoms with Gasteiger partial charge < -0.3 is 9.84 Å². The predicted molar refractivity (Wildman–Crippen MR) is 86.7 cm³/mol. The molecule has 0 aliphatic carbocycles. The number of hydrogen-bond acceptors (Lipinski definition) is 4. The first-order valence-corrected chi connectivity index (χ1v) is 8.37. The van der Waals surface area contributed by atoms with Gasteiger partial charge in [0.2, 0.25) is 0 Å². The van der Waals surface area contributed by atoms with E-state index in [1.165, 1.54) is 35.6 Å². The van der Waals surface area contributed by atoms with Crippen LogP contribution < -0.4 is 0 Å². The molecule has 3 nitrogen and oxygen atoms in total. The molecule has 2 heterocycles. The standard InChI is InChI=1S/C18H19FO3S/c1-11-8-15(23-10-11)18(21,12-4-6-13(19)7-5-12)14-9-17(2,3)22-16(14)20/h4-8,10,14,21H,9H2,1-3H3. The van der Waals surface area contributed by atoms with Crippen LogP contribution in [0, 0.1) is 18.7 Å². The van der Waals surface area contributed by atoms with Crippen molar-refractivity contribution in [3.8, 4) is 0 Å². The molecule has 2 unspecified atom stereocenters. The number of cyclic esters (lactones) is 1. The molecule has 1 fully saturated rings. The zero-order valence-electron chi connectivity index (χ0n) is 13.3. The van der Waals surface area contributed by atoms with Crippen LogP contribution in [0.4, 0.5) is 4.39 Å². The number of aliphatic hydroxyl groups is 1. The Labute approximate surface area is 138 Å². The number of halogens is 1. The summed E-state index contributed by atoms with van der Waals surface area (Å²) in [5, 5.41) is 13.5. The van der Waals surface area contributed by atoms with Crippen LogP contribution in [0.15, 0.2) is 35.7 Å². The molecule has 1 saturated heterocycles. The van der Waals surface area contributed by atoms with Crippen molar-refractivity contribution in [1.82, 2.24) is 0 Å². The normalized spacial score (nSPS) is 22.7. The summed E-state index contributed by atoms with van der Waals surface area (Å²) in [6.07, 6.45) is 0.399. The van der Waals surface area contributed by atoms with Crippen molar-refractivity contribution in [2.75, 3.05) is 0 Å². The topological polar surface area (TPSA) is 46.5 Å². The van der Waals surface area contributed by atoms with Crippen LogP contribution >= 0.6 is 11.3 Å². The first kappa shape index (κ1) is 16.1. The lowest BCUT2D eigenvalue weighted by Gasteiger charge is -2.32. The number of hydrogen-bond donors (Lipinski definition) is 1. The molecule has 0 spiro atoms. The largest absolute Gasteiger partial charge is 0.459 e. The molecule has 0 bridgehead atoms. The molecule has 0 saturated carbocycles. The van der Waals surface area contributed by atoms with Crippen LogP contribution in [0.3, 0.4) is 0 Å². The lowest BCUT2D eigenvalue weighted by Crippen LogP contribution is -2.38. The van der Waals surface area contributed by atoms with E-state index >= 15 is 0 Å². The molecule has 0 radical (unpaired) electrons. The van der Waals surface area contributed by atoms with Gasteiger partial charge in [0, 0.05) is 11.3 Å². The molecule has 1 aliphatic heterocycles. The van der Waals surface area contributed by atoms with Gasteiger partial charge in [-0.2, -0.15) is 0 Å². The molecule has 0 amide bonds. The lowest BCUT2D eigenvalue weighted by molar-refractivity contribution is -0.152. The fourth-order valence-corrected chi connectivity index (χ4v) is 4.20. The number of ether oxygens (including phenoxy) is 1. The summed E-state index contributed by atoms with van der Waals surface area (Å²) >= 11 is 1.39. The maximum atomic E-state index is 13.3. The van der Waals surface area contributed by atoms with Crippen LogP contribution in [0.5, 0.6) is 0 Å². The molecule has 23 heavy (non-hydrogen) atoms. The predicted octanol–water partition coefficient (Wildman–Crippen LogP) is 3.77. The zero-order chi connectivity index (χ0) is 16.8. The average molecular weight is 334 g/mol. The fraction of sp³-hybridized carbons (Fsp3) is 0.389. The molecule has 1 N–H and O–H groups in total. The highest BCUT2D eigenvalue weighted by atomic mass is 32.1. The second kappa shape index (κ2) is 5.42. The van der Waals surface area contributed by atoms with Crippen molar-refractivity contribution >= 4 is 17.3 Å². The number of benzene rings is 1. The molecule has 1 aliphatic rings. The second-order valence-corrected chi connectivity index (χ2v) is 7.61. The third-order valence-electron chi connectivity index (χ3n) is 4.25. The van der Waals surface area contributed by atoms with E-state index in [1.54, 1.807) is 0 Å². The van der Waals surface area contributed by atoms with E-state index in [1.807, 2.05) is 32.2 Å². The maximum absolute atomic E-state index is 13.3. The molecule has 1 aromatic carbocycles. The smallest absolute Gasteiger partial charge is 0.313 e. The molecule has 122 valence electrons. The zero-order valence-corrected chi connectivity index (χ0v) is 14.1. The quantitative estimate of drug-likeness (QED) is 0.869. The number of thiophene rings is 1. The Morgan fingerprint density at radius 1 is 1.35 bits per heavy atom. The van der Waals surface area contributed by atoms with Gasteiger partial charge in [0.15, 0.2) is 0 Å². The third kappa shape index (κ3) is 2.79. The Balaban J connectivity index is 2.14. The van der Waals surface area contributed by atoms with Crippen LogP contribution in [0.25, 0.3) is 0 Å². The van der Waals surface area contributed by atoms with Gasteiger partial charge in [0.1, 0.15) is 17.0 Å². The minimum Gasteiger partial charge on any atom is -0.459 e. The highest BCUT2D eigenvalue weighted by molar-refractivity contribution is 7.10. The van der Waals surface area contributed by atoms with Crippen LogP contribution in [0.1, 0.15) is 36.3 Å². The lowest BCUT2D eigenvalue weighted by atomic mass is 9.77.